The number of aryl methyl sites for hydroxylation is 1. The van der Waals surface area contributed by atoms with Gasteiger partial charge in [-0.1, -0.05) is 28.9 Å². The highest BCUT2D eigenvalue weighted by Crippen LogP contribution is 2.16. The third-order valence-corrected chi connectivity index (χ3v) is 5.26. The molecule has 0 aromatic heterocycles. The van der Waals surface area contributed by atoms with Gasteiger partial charge in [-0.2, -0.15) is 0 Å². The Kier molecular flexibility index (Phi) is 8.68. The van der Waals surface area contributed by atoms with Crippen molar-refractivity contribution in [1.82, 2.24) is 15.5 Å². The molecule has 0 radical (unpaired) electrons. The summed E-state index contributed by atoms with van der Waals surface area (Å²) in [5, 5.41) is 6.76. The molecule has 1 atom stereocenters. The molecule has 1 aromatic rings. The van der Waals surface area contributed by atoms with Crippen LogP contribution in [0.15, 0.2) is 27.7 Å². The number of rotatable bonds is 7. The zero-order chi connectivity index (χ0) is 18.1. The number of guanidine groups is 1. The summed E-state index contributed by atoms with van der Waals surface area (Å²) < 4.78 is 14.6. The van der Waals surface area contributed by atoms with Gasteiger partial charge in [-0.3, -0.25) is 4.99 Å². The lowest BCUT2D eigenvalue weighted by atomic mass is 9.98. The van der Waals surface area contributed by atoms with Gasteiger partial charge >= 0.3 is 0 Å². The molecule has 25 heavy (non-hydrogen) atoms. The first-order valence-corrected chi connectivity index (χ1v) is 10.0. The van der Waals surface area contributed by atoms with Gasteiger partial charge in [0.1, 0.15) is 5.82 Å². The molecule has 1 saturated heterocycles. The minimum atomic E-state index is -0.144. The minimum absolute atomic E-state index is 0.144. The third-order valence-electron chi connectivity index (χ3n) is 4.76. The van der Waals surface area contributed by atoms with E-state index in [1.165, 1.54) is 32.0 Å². The van der Waals surface area contributed by atoms with Gasteiger partial charge in [0, 0.05) is 31.2 Å². The molecule has 1 fully saturated rings. The molecule has 4 nitrogen and oxygen atoms in total. The van der Waals surface area contributed by atoms with E-state index in [1.807, 2.05) is 12.1 Å². The maximum atomic E-state index is 13.8. The molecule has 1 unspecified atom stereocenters. The molecule has 2 rings (SSSR count). The number of piperidine rings is 1. The summed E-state index contributed by atoms with van der Waals surface area (Å²) in [6, 6.07) is 5.25. The van der Waals surface area contributed by atoms with Crippen LogP contribution < -0.4 is 10.6 Å². The molecule has 1 aliphatic rings. The first-order chi connectivity index (χ1) is 12.1. The van der Waals surface area contributed by atoms with Gasteiger partial charge in [0.05, 0.1) is 0 Å². The third kappa shape index (κ3) is 6.94. The van der Waals surface area contributed by atoms with Gasteiger partial charge in [-0.05, 0) is 62.4 Å². The number of hydrogen-bond donors (Lipinski definition) is 2. The van der Waals surface area contributed by atoms with Crippen molar-refractivity contribution in [1.29, 1.82) is 0 Å². The van der Waals surface area contributed by atoms with Crippen molar-refractivity contribution in [2.75, 3.05) is 39.8 Å². The van der Waals surface area contributed by atoms with E-state index in [-0.39, 0.29) is 5.82 Å². The van der Waals surface area contributed by atoms with Crippen molar-refractivity contribution in [2.45, 2.75) is 32.6 Å². The van der Waals surface area contributed by atoms with E-state index in [4.69, 9.17) is 0 Å². The van der Waals surface area contributed by atoms with Crippen LogP contribution in [-0.2, 0) is 6.42 Å². The summed E-state index contributed by atoms with van der Waals surface area (Å²) in [7, 11) is 1.79. The SMILES string of the molecule is CCN1CCCC(CNC(=NC)NCCCc2ccc(Br)cc2F)C1. The van der Waals surface area contributed by atoms with E-state index in [1.54, 1.807) is 7.05 Å². The minimum Gasteiger partial charge on any atom is -0.356 e. The monoisotopic (exact) mass is 412 g/mol. The van der Waals surface area contributed by atoms with E-state index < -0.39 is 0 Å². The number of hydrogen-bond acceptors (Lipinski definition) is 2. The van der Waals surface area contributed by atoms with Crippen molar-refractivity contribution in [3.63, 3.8) is 0 Å². The predicted octanol–water partition coefficient (Wildman–Crippen LogP) is 3.42. The van der Waals surface area contributed by atoms with Crippen LogP contribution in [0.4, 0.5) is 4.39 Å². The number of halogens is 2. The molecule has 0 spiro atoms. The molecule has 1 aliphatic heterocycles. The van der Waals surface area contributed by atoms with E-state index in [0.717, 1.165) is 48.5 Å². The normalized spacial score (nSPS) is 19.0. The molecule has 1 aromatic carbocycles. The number of benzene rings is 1. The van der Waals surface area contributed by atoms with Crippen LogP contribution in [0.25, 0.3) is 0 Å². The summed E-state index contributed by atoms with van der Waals surface area (Å²) in [6.45, 7) is 7.50. The highest BCUT2D eigenvalue weighted by atomic mass is 79.9. The Morgan fingerprint density at radius 2 is 2.24 bits per heavy atom. The highest BCUT2D eigenvalue weighted by Gasteiger charge is 2.18. The molecule has 1 heterocycles. The molecule has 0 aliphatic carbocycles. The summed E-state index contributed by atoms with van der Waals surface area (Å²) in [6.07, 6.45) is 4.15. The fraction of sp³-hybridized carbons (Fsp3) is 0.632. The fourth-order valence-electron chi connectivity index (χ4n) is 3.28. The van der Waals surface area contributed by atoms with Gasteiger partial charge in [0.2, 0.25) is 0 Å². The van der Waals surface area contributed by atoms with E-state index in [9.17, 15) is 4.39 Å². The summed E-state index contributed by atoms with van der Waals surface area (Å²) in [5.41, 5.74) is 0.759. The Balaban J connectivity index is 1.66. The first kappa shape index (κ1) is 20.2. The number of aliphatic imine (C=N–C) groups is 1. The molecule has 140 valence electrons. The molecule has 2 N–H and O–H groups in total. The standard InChI is InChI=1S/C19H30BrFN4/c1-3-25-11-5-6-15(14-25)13-24-19(22-2)23-10-4-7-16-8-9-17(20)12-18(16)21/h8-9,12,15H,3-7,10-11,13-14H2,1-2H3,(H2,22,23,24). The Morgan fingerprint density at radius 3 is 2.96 bits per heavy atom. The number of nitrogens with zero attached hydrogens (tertiary/aromatic N) is 2. The second-order valence-electron chi connectivity index (χ2n) is 6.62. The average molecular weight is 413 g/mol. The summed E-state index contributed by atoms with van der Waals surface area (Å²) >= 11 is 3.29. The van der Waals surface area contributed by atoms with Crippen LogP contribution in [0, 0.1) is 11.7 Å². The van der Waals surface area contributed by atoms with Crippen LogP contribution in [0.5, 0.6) is 0 Å². The average Bonchev–Trinajstić information content (AvgIpc) is 2.62. The van der Waals surface area contributed by atoms with Crippen molar-refractivity contribution in [3.05, 3.63) is 34.1 Å². The Bertz CT molecular complexity index is 564. The van der Waals surface area contributed by atoms with Crippen molar-refractivity contribution in [3.8, 4) is 0 Å². The van der Waals surface area contributed by atoms with Crippen LogP contribution in [0.3, 0.4) is 0 Å². The highest BCUT2D eigenvalue weighted by molar-refractivity contribution is 9.10. The molecular formula is C19H30BrFN4. The van der Waals surface area contributed by atoms with Crippen LogP contribution in [0.2, 0.25) is 0 Å². The Hall–Kier alpha value is -1.14. The van der Waals surface area contributed by atoms with Gasteiger partial charge in [0.25, 0.3) is 0 Å². The smallest absolute Gasteiger partial charge is 0.190 e. The molecule has 0 amide bonds. The zero-order valence-electron chi connectivity index (χ0n) is 15.3. The van der Waals surface area contributed by atoms with Gasteiger partial charge in [-0.25, -0.2) is 4.39 Å². The topological polar surface area (TPSA) is 39.7 Å². The molecule has 6 heteroatoms. The van der Waals surface area contributed by atoms with Gasteiger partial charge in [0.15, 0.2) is 5.96 Å². The maximum absolute atomic E-state index is 13.8. The first-order valence-electron chi connectivity index (χ1n) is 9.23. The number of nitrogens with one attached hydrogen (secondary N) is 2. The maximum Gasteiger partial charge on any atom is 0.190 e. The van der Waals surface area contributed by atoms with E-state index in [0.29, 0.717) is 5.92 Å². The predicted molar refractivity (Wildman–Crippen MR) is 107 cm³/mol. The summed E-state index contributed by atoms with van der Waals surface area (Å²) in [5.74, 6) is 1.38. The fourth-order valence-corrected chi connectivity index (χ4v) is 3.61. The lowest BCUT2D eigenvalue weighted by Crippen LogP contribution is -2.44. The van der Waals surface area contributed by atoms with Crippen molar-refractivity contribution >= 4 is 21.9 Å². The second kappa shape index (κ2) is 10.8. The van der Waals surface area contributed by atoms with Crippen LogP contribution in [0.1, 0.15) is 31.7 Å². The van der Waals surface area contributed by atoms with Crippen LogP contribution >= 0.6 is 15.9 Å². The largest absolute Gasteiger partial charge is 0.356 e. The van der Waals surface area contributed by atoms with E-state index >= 15 is 0 Å². The lowest BCUT2D eigenvalue weighted by molar-refractivity contribution is 0.183. The van der Waals surface area contributed by atoms with Crippen molar-refractivity contribution < 1.29 is 4.39 Å². The molecular weight excluding hydrogens is 383 g/mol. The molecule has 0 saturated carbocycles. The Labute approximate surface area is 159 Å². The van der Waals surface area contributed by atoms with Crippen LogP contribution in [-0.4, -0.2) is 50.6 Å². The molecule has 0 bridgehead atoms. The van der Waals surface area contributed by atoms with E-state index in [2.05, 4.69) is 43.4 Å². The zero-order valence-corrected chi connectivity index (χ0v) is 16.9. The number of likely N-dealkylation sites (tertiary alicyclic amines) is 1. The summed E-state index contributed by atoms with van der Waals surface area (Å²) in [4.78, 5) is 6.80. The second-order valence-corrected chi connectivity index (χ2v) is 7.54. The van der Waals surface area contributed by atoms with Gasteiger partial charge in [-0.15, -0.1) is 0 Å². The quantitative estimate of drug-likeness (QED) is 0.409. The van der Waals surface area contributed by atoms with Crippen molar-refractivity contribution in [2.24, 2.45) is 10.9 Å². The van der Waals surface area contributed by atoms with Gasteiger partial charge < -0.3 is 15.5 Å². The Morgan fingerprint density at radius 1 is 1.40 bits per heavy atom. The lowest BCUT2D eigenvalue weighted by Gasteiger charge is -2.32.